The molecule has 0 radical (unpaired) electrons. The van der Waals surface area contributed by atoms with Gasteiger partial charge in [0.25, 0.3) is 6.71 Å². The Morgan fingerprint density at radius 3 is 1.61 bits per heavy atom. The molecule has 2 aliphatic carbocycles. The molecule has 0 saturated heterocycles. The molecule has 0 bridgehead atoms. The van der Waals surface area contributed by atoms with Crippen molar-refractivity contribution in [1.82, 2.24) is 0 Å². The third-order valence-corrected chi connectivity index (χ3v) is 20.7. The summed E-state index contributed by atoms with van der Waals surface area (Å²) in [4.78, 5) is 8.28. The molecule has 3 atom stereocenters. The molecule has 83 heavy (non-hydrogen) atoms. The molecule has 4 heteroatoms. The second-order valence-electron chi connectivity index (χ2n) is 29.8. The van der Waals surface area contributed by atoms with E-state index in [4.69, 9.17) is 0 Å². The monoisotopic (exact) mass is 1080 g/mol. The molecule has 3 unspecified atom stereocenters. The minimum atomic E-state index is -0.230. The van der Waals surface area contributed by atoms with Crippen LogP contribution in [0.1, 0.15) is 137 Å². The van der Waals surface area contributed by atoms with Crippen LogP contribution in [-0.2, 0) is 29.1 Å². The van der Waals surface area contributed by atoms with Crippen LogP contribution in [0.4, 0.5) is 45.5 Å². The van der Waals surface area contributed by atoms with E-state index in [1.165, 1.54) is 124 Å². The highest BCUT2D eigenvalue weighted by molar-refractivity contribution is 7.00. The summed E-state index contributed by atoms with van der Waals surface area (Å²) in [5.74, 6) is 0.589. The van der Waals surface area contributed by atoms with Gasteiger partial charge in [0.1, 0.15) is 0 Å². The highest BCUT2D eigenvalue weighted by atomic mass is 15.3. The summed E-state index contributed by atoms with van der Waals surface area (Å²) < 4.78 is 0. The van der Waals surface area contributed by atoms with Crippen LogP contribution in [0.15, 0.2) is 194 Å². The Labute approximate surface area is 496 Å². The summed E-state index contributed by atoms with van der Waals surface area (Å²) >= 11 is 0. The van der Waals surface area contributed by atoms with Gasteiger partial charge in [-0.1, -0.05) is 223 Å². The number of hydrogen-bond acceptors (Lipinski definition) is 3. The first-order valence-corrected chi connectivity index (χ1v) is 30.9. The predicted molar refractivity (Wildman–Crippen MR) is 356 cm³/mol. The number of nitrogens with zero attached hydrogens (tertiary/aromatic N) is 3. The number of benzene rings is 9. The van der Waals surface area contributed by atoms with Gasteiger partial charge in [0.05, 0.1) is 11.2 Å². The first-order valence-electron chi connectivity index (χ1n) is 30.9. The van der Waals surface area contributed by atoms with E-state index in [0.29, 0.717) is 5.92 Å². The molecular weight excluding hydrogens is 1000 g/mol. The van der Waals surface area contributed by atoms with Crippen LogP contribution in [0.2, 0.25) is 0 Å². The lowest BCUT2D eigenvalue weighted by Crippen LogP contribution is -2.62. The summed E-state index contributed by atoms with van der Waals surface area (Å²) in [6.45, 7) is 31.8. The molecule has 0 N–H and O–H groups in total. The summed E-state index contributed by atoms with van der Waals surface area (Å²) in [6.07, 6.45) is 5.53. The molecule has 9 aromatic carbocycles. The zero-order valence-electron chi connectivity index (χ0n) is 51.5. The van der Waals surface area contributed by atoms with E-state index in [0.717, 1.165) is 31.4 Å². The van der Waals surface area contributed by atoms with E-state index >= 15 is 0 Å². The molecule has 1 saturated carbocycles. The van der Waals surface area contributed by atoms with Crippen LogP contribution in [0, 0.1) is 16.7 Å². The van der Waals surface area contributed by atoms with Crippen LogP contribution in [0.3, 0.4) is 0 Å². The molecule has 3 aliphatic heterocycles. The van der Waals surface area contributed by atoms with E-state index in [-0.39, 0.29) is 39.3 Å². The van der Waals surface area contributed by atoms with Gasteiger partial charge in [-0.3, -0.25) is 0 Å². The zero-order valence-corrected chi connectivity index (χ0v) is 51.5. The second-order valence-corrected chi connectivity index (χ2v) is 29.8. The Balaban J connectivity index is 1.13. The minimum absolute atomic E-state index is 0.00136. The van der Waals surface area contributed by atoms with Crippen molar-refractivity contribution in [2.24, 2.45) is 16.7 Å². The van der Waals surface area contributed by atoms with Gasteiger partial charge < -0.3 is 14.7 Å². The van der Waals surface area contributed by atoms with Gasteiger partial charge in [-0.15, -0.1) is 0 Å². The van der Waals surface area contributed by atoms with Crippen molar-refractivity contribution in [2.45, 2.75) is 144 Å². The fourth-order valence-electron chi connectivity index (χ4n) is 15.9. The molecular formula is C79H82BN3. The average molecular weight is 1080 g/mol. The lowest BCUT2D eigenvalue weighted by Gasteiger charge is -2.55. The maximum atomic E-state index is 2.87. The predicted octanol–water partition coefficient (Wildman–Crippen LogP) is 19.5. The molecule has 1 fully saturated rings. The molecule has 3 nitrogen and oxygen atoms in total. The zero-order chi connectivity index (χ0) is 57.8. The molecule has 0 spiro atoms. The first-order chi connectivity index (χ1) is 39.5. The smallest absolute Gasteiger partial charge is 0.252 e. The van der Waals surface area contributed by atoms with E-state index in [9.17, 15) is 0 Å². The maximum Gasteiger partial charge on any atom is 0.252 e. The van der Waals surface area contributed by atoms with Crippen molar-refractivity contribution in [1.29, 1.82) is 0 Å². The van der Waals surface area contributed by atoms with Gasteiger partial charge in [0.2, 0.25) is 0 Å². The third kappa shape index (κ3) is 8.58. The van der Waals surface area contributed by atoms with Crippen LogP contribution in [0.5, 0.6) is 0 Å². The topological polar surface area (TPSA) is 9.72 Å². The molecule has 0 amide bonds. The summed E-state index contributed by atoms with van der Waals surface area (Å²) in [5, 5.41) is 0. The standard InChI is InChI=1S/C79H82BN3/c1-74(2,3)58-33-36-67(63(44-58)53-28-21-16-22-29-53)82-70-43-57-49-77(10,11)48-56(57)41-66(70)80-65-35-32-55(52-26-19-15-20-27-52)42-69(65)81(61-31-23-30-54(40-61)51-24-17-14-18-25-51)71-46-62(47-72(82)73(71)80)83-68-37-34-59(75(4,5)6)45-64(68)78(12)50-60(76(7,8)9)38-39-79(78,83)13/h14-37,40-47,60H,38-39,48-50H2,1-13H3. The lowest BCUT2D eigenvalue weighted by molar-refractivity contribution is 0.0786. The molecule has 416 valence electrons. The van der Waals surface area contributed by atoms with Crippen molar-refractivity contribution >= 4 is 68.6 Å². The quantitative estimate of drug-likeness (QED) is 0.154. The van der Waals surface area contributed by atoms with E-state index in [1.807, 2.05) is 0 Å². The third-order valence-electron chi connectivity index (χ3n) is 20.7. The van der Waals surface area contributed by atoms with Crippen molar-refractivity contribution in [3.63, 3.8) is 0 Å². The fraction of sp³-hybridized carbons (Fsp3) is 0.316. The largest absolute Gasteiger partial charge is 0.334 e. The number of anilines is 8. The molecule has 9 aromatic rings. The second kappa shape index (κ2) is 18.7. The SMILES string of the molecule is CC1(C)Cc2cc3c(cc2C1)N(c1ccc(C(C)(C)C)cc1-c1ccccc1)c1cc(N2c4ccc(C(C)(C)C)cc4C4(C)CC(C(C)(C)C)CCC24C)cc2c1B3c1ccc(-c3ccccc3)cc1N2c1cccc(-c2ccccc2)c1. The van der Waals surface area contributed by atoms with Crippen LogP contribution in [0.25, 0.3) is 33.4 Å². The fourth-order valence-corrected chi connectivity index (χ4v) is 15.9. The van der Waals surface area contributed by atoms with Crippen molar-refractivity contribution in [3.8, 4) is 33.4 Å². The van der Waals surface area contributed by atoms with Gasteiger partial charge in [0, 0.05) is 50.8 Å². The van der Waals surface area contributed by atoms with Gasteiger partial charge in [-0.2, -0.15) is 0 Å². The van der Waals surface area contributed by atoms with Gasteiger partial charge in [-0.05, 0) is 193 Å². The van der Waals surface area contributed by atoms with Gasteiger partial charge in [0.15, 0.2) is 0 Å². The molecule has 0 aromatic heterocycles. The average Bonchev–Trinajstić information content (AvgIpc) is 1.95. The van der Waals surface area contributed by atoms with Crippen molar-refractivity contribution in [2.75, 3.05) is 14.7 Å². The van der Waals surface area contributed by atoms with Crippen LogP contribution in [-0.4, -0.2) is 12.3 Å². The number of hydrogen-bond donors (Lipinski definition) is 0. The van der Waals surface area contributed by atoms with Crippen molar-refractivity contribution in [3.05, 3.63) is 222 Å². The van der Waals surface area contributed by atoms with E-state index < -0.39 is 0 Å². The number of rotatable bonds is 6. The van der Waals surface area contributed by atoms with Crippen molar-refractivity contribution < 1.29 is 0 Å². The summed E-state index contributed by atoms with van der Waals surface area (Å²) in [6, 6.07) is 75.6. The Kier molecular flexibility index (Phi) is 12.1. The van der Waals surface area contributed by atoms with Crippen LogP contribution >= 0.6 is 0 Å². The maximum absolute atomic E-state index is 2.87. The van der Waals surface area contributed by atoms with E-state index in [2.05, 4.69) is 299 Å². The highest BCUT2D eigenvalue weighted by Gasteiger charge is 2.61. The van der Waals surface area contributed by atoms with E-state index in [1.54, 1.807) is 0 Å². The Bertz CT molecular complexity index is 4040. The van der Waals surface area contributed by atoms with Gasteiger partial charge >= 0.3 is 0 Å². The normalized spacial score (nSPS) is 20.3. The summed E-state index contributed by atoms with van der Waals surface area (Å²) in [5.41, 5.74) is 28.5. The Morgan fingerprint density at radius 1 is 0.434 bits per heavy atom. The molecule has 3 heterocycles. The molecule has 5 aliphatic rings. The minimum Gasteiger partial charge on any atom is -0.334 e. The Morgan fingerprint density at radius 2 is 0.988 bits per heavy atom. The Hall–Kier alpha value is -7.56. The van der Waals surface area contributed by atoms with Crippen LogP contribution < -0.4 is 31.1 Å². The van der Waals surface area contributed by atoms with Gasteiger partial charge in [-0.25, -0.2) is 0 Å². The highest BCUT2D eigenvalue weighted by Crippen LogP contribution is 2.65. The lowest BCUT2D eigenvalue weighted by atomic mass is 9.33. The summed E-state index contributed by atoms with van der Waals surface area (Å²) in [7, 11) is 0. The number of fused-ring (bicyclic) bond motifs is 8. The molecule has 14 rings (SSSR count). The first kappa shape index (κ1) is 53.5.